The van der Waals surface area contributed by atoms with E-state index in [1.807, 2.05) is 12.3 Å². The number of nitrogens with one attached hydrogen (secondary N) is 1. The molecule has 0 aliphatic carbocycles. The average molecular weight is 243 g/mol. The average Bonchev–Trinajstić information content (AvgIpc) is 2.43. The van der Waals surface area contributed by atoms with Gasteiger partial charge in [0.15, 0.2) is 0 Å². The maximum atomic E-state index is 4.35. The Kier molecular flexibility index (Phi) is 4.26. The van der Waals surface area contributed by atoms with Crippen molar-refractivity contribution >= 4 is 10.8 Å². The minimum absolute atomic E-state index is 0.357. The maximum Gasteiger partial charge on any atom is 0.0752 e. The molecule has 0 spiro atoms. The zero-order valence-electron chi connectivity index (χ0n) is 11.4. The largest absolute Gasteiger partial charge is 0.314 e. The topological polar surface area (TPSA) is 37.8 Å². The molecule has 0 fully saturated rings. The molecule has 0 aliphatic rings. The van der Waals surface area contributed by atoms with Gasteiger partial charge in [0.1, 0.15) is 0 Å². The number of hydrogen-bond donors (Lipinski definition) is 1. The van der Waals surface area contributed by atoms with Crippen LogP contribution in [0.2, 0.25) is 0 Å². The molecule has 1 aromatic carbocycles. The Bertz CT molecular complexity index is 505. The summed E-state index contributed by atoms with van der Waals surface area (Å²) < 4.78 is 0. The molecule has 0 aliphatic heterocycles. The lowest BCUT2D eigenvalue weighted by Crippen LogP contribution is -2.32. The van der Waals surface area contributed by atoms with Gasteiger partial charge in [-0.1, -0.05) is 38.1 Å². The molecule has 2 aromatic rings. The fourth-order valence-electron chi connectivity index (χ4n) is 2.17. The van der Waals surface area contributed by atoms with Gasteiger partial charge < -0.3 is 5.32 Å². The predicted molar refractivity (Wildman–Crippen MR) is 75.7 cm³/mol. The third kappa shape index (κ3) is 2.67. The lowest BCUT2D eigenvalue weighted by molar-refractivity contribution is 0.474. The Morgan fingerprint density at radius 1 is 1.22 bits per heavy atom. The first-order valence-corrected chi connectivity index (χ1v) is 6.67. The third-order valence-corrected chi connectivity index (χ3v) is 3.50. The highest BCUT2D eigenvalue weighted by Crippen LogP contribution is 2.24. The van der Waals surface area contributed by atoms with Crippen LogP contribution in [0.3, 0.4) is 0 Å². The van der Waals surface area contributed by atoms with Gasteiger partial charge in [-0.15, -0.1) is 0 Å². The Morgan fingerprint density at radius 3 is 2.78 bits per heavy atom. The summed E-state index contributed by atoms with van der Waals surface area (Å²) in [4.78, 5) is 0. The summed E-state index contributed by atoms with van der Waals surface area (Å²) in [5.41, 5.74) is 1.09. The summed E-state index contributed by atoms with van der Waals surface area (Å²) in [6.07, 6.45) is 2.98. The van der Waals surface area contributed by atoms with Gasteiger partial charge >= 0.3 is 0 Å². The molecule has 1 N–H and O–H groups in total. The van der Waals surface area contributed by atoms with E-state index in [2.05, 4.69) is 54.5 Å². The Morgan fingerprint density at radius 2 is 2.00 bits per heavy atom. The quantitative estimate of drug-likeness (QED) is 0.876. The Balaban J connectivity index is 2.29. The minimum atomic E-state index is 0.357. The number of benzene rings is 1. The van der Waals surface area contributed by atoms with Crippen LogP contribution in [0.4, 0.5) is 0 Å². The standard InChI is InChI=1S/C15H21N3/c1-4-9-16-12(3)11(2)15-14-8-6-5-7-13(14)10-17-18-15/h5-8,10-12,16H,4,9H2,1-3H3. The second kappa shape index (κ2) is 5.91. The van der Waals surface area contributed by atoms with E-state index in [4.69, 9.17) is 0 Å². The highest BCUT2D eigenvalue weighted by atomic mass is 15.1. The molecule has 2 rings (SSSR count). The fraction of sp³-hybridized carbons (Fsp3) is 0.467. The van der Waals surface area contributed by atoms with E-state index in [9.17, 15) is 0 Å². The molecular weight excluding hydrogens is 222 g/mol. The van der Waals surface area contributed by atoms with E-state index in [-0.39, 0.29) is 0 Å². The molecule has 2 atom stereocenters. The van der Waals surface area contributed by atoms with Gasteiger partial charge in [0.05, 0.1) is 11.9 Å². The summed E-state index contributed by atoms with van der Waals surface area (Å²) >= 11 is 0. The first-order valence-electron chi connectivity index (χ1n) is 6.67. The van der Waals surface area contributed by atoms with Crippen LogP contribution in [0.1, 0.15) is 38.8 Å². The van der Waals surface area contributed by atoms with Crippen LogP contribution in [0.5, 0.6) is 0 Å². The van der Waals surface area contributed by atoms with Crippen molar-refractivity contribution in [1.82, 2.24) is 15.5 Å². The molecule has 1 aromatic heterocycles. The molecule has 0 amide bonds. The summed E-state index contributed by atoms with van der Waals surface area (Å²) in [7, 11) is 0. The summed E-state index contributed by atoms with van der Waals surface area (Å²) in [5, 5.41) is 14.4. The number of rotatable bonds is 5. The third-order valence-electron chi connectivity index (χ3n) is 3.50. The lowest BCUT2D eigenvalue weighted by Gasteiger charge is -2.21. The van der Waals surface area contributed by atoms with Gasteiger partial charge in [0, 0.05) is 22.7 Å². The first-order chi connectivity index (χ1) is 8.74. The van der Waals surface area contributed by atoms with Crippen LogP contribution in [0, 0.1) is 0 Å². The van der Waals surface area contributed by atoms with Crippen molar-refractivity contribution in [1.29, 1.82) is 0 Å². The van der Waals surface area contributed by atoms with Crippen LogP contribution < -0.4 is 5.32 Å². The van der Waals surface area contributed by atoms with Crippen molar-refractivity contribution in [3.8, 4) is 0 Å². The molecule has 0 saturated carbocycles. The monoisotopic (exact) mass is 243 g/mol. The molecule has 0 radical (unpaired) electrons. The van der Waals surface area contributed by atoms with Gasteiger partial charge in [-0.3, -0.25) is 0 Å². The molecular formula is C15H21N3. The van der Waals surface area contributed by atoms with Crippen LogP contribution >= 0.6 is 0 Å². The highest BCUT2D eigenvalue weighted by Gasteiger charge is 2.17. The van der Waals surface area contributed by atoms with Crippen molar-refractivity contribution in [3.63, 3.8) is 0 Å². The van der Waals surface area contributed by atoms with Crippen LogP contribution in [-0.2, 0) is 0 Å². The molecule has 3 heteroatoms. The molecule has 0 saturated heterocycles. The lowest BCUT2D eigenvalue weighted by atomic mass is 9.95. The second-order valence-corrected chi connectivity index (χ2v) is 4.85. The Labute approximate surface area is 109 Å². The van der Waals surface area contributed by atoms with E-state index in [0.29, 0.717) is 12.0 Å². The second-order valence-electron chi connectivity index (χ2n) is 4.85. The fourth-order valence-corrected chi connectivity index (χ4v) is 2.17. The number of nitrogens with zero attached hydrogens (tertiary/aromatic N) is 2. The first kappa shape index (κ1) is 13.0. The van der Waals surface area contributed by atoms with Crippen molar-refractivity contribution in [2.24, 2.45) is 0 Å². The van der Waals surface area contributed by atoms with Crippen LogP contribution in [0.25, 0.3) is 10.8 Å². The highest BCUT2D eigenvalue weighted by molar-refractivity contribution is 5.83. The minimum Gasteiger partial charge on any atom is -0.314 e. The Hall–Kier alpha value is -1.48. The van der Waals surface area contributed by atoms with E-state index in [0.717, 1.165) is 24.0 Å². The number of hydrogen-bond acceptors (Lipinski definition) is 3. The van der Waals surface area contributed by atoms with Gasteiger partial charge in [-0.25, -0.2) is 0 Å². The smallest absolute Gasteiger partial charge is 0.0752 e. The van der Waals surface area contributed by atoms with E-state index < -0.39 is 0 Å². The van der Waals surface area contributed by atoms with Gasteiger partial charge in [-0.2, -0.15) is 10.2 Å². The predicted octanol–water partition coefficient (Wildman–Crippen LogP) is 3.12. The SMILES string of the molecule is CCCNC(C)C(C)c1nncc2ccccc12. The van der Waals surface area contributed by atoms with Crippen molar-refractivity contribution in [2.45, 2.75) is 39.2 Å². The van der Waals surface area contributed by atoms with E-state index in [1.165, 1.54) is 5.39 Å². The van der Waals surface area contributed by atoms with Gasteiger partial charge in [0.2, 0.25) is 0 Å². The van der Waals surface area contributed by atoms with Gasteiger partial charge in [0.25, 0.3) is 0 Å². The normalized spacial score (nSPS) is 14.6. The molecule has 96 valence electrons. The van der Waals surface area contributed by atoms with E-state index in [1.54, 1.807) is 0 Å². The molecule has 3 nitrogen and oxygen atoms in total. The summed E-state index contributed by atoms with van der Waals surface area (Å²) in [6, 6.07) is 8.72. The summed E-state index contributed by atoms with van der Waals surface area (Å²) in [5.74, 6) is 0.357. The molecule has 2 unspecified atom stereocenters. The van der Waals surface area contributed by atoms with Crippen molar-refractivity contribution in [3.05, 3.63) is 36.2 Å². The van der Waals surface area contributed by atoms with Crippen molar-refractivity contribution < 1.29 is 0 Å². The van der Waals surface area contributed by atoms with Crippen LogP contribution in [0.15, 0.2) is 30.5 Å². The van der Waals surface area contributed by atoms with Gasteiger partial charge in [-0.05, 0) is 19.9 Å². The molecule has 0 bridgehead atoms. The number of fused-ring (bicyclic) bond motifs is 1. The van der Waals surface area contributed by atoms with E-state index >= 15 is 0 Å². The van der Waals surface area contributed by atoms with Crippen LogP contribution in [-0.4, -0.2) is 22.8 Å². The van der Waals surface area contributed by atoms with Crippen molar-refractivity contribution in [2.75, 3.05) is 6.54 Å². The molecule has 18 heavy (non-hydrogen) atoms. The zero-order chi connectivity index (χ0) is 13.0. The maximum absolute atomic E-state index is 4.35. The summed E-state index contributed by atoms with van der Waals surface area (Å²) in [6.45, 7) is 7.65. The number of aromatic nitrogens is 2. The molecule has 1 heterocycles. The zero-order valence-corrected chi connectivity index (χ0v) is 11.4.